The predicted molar refractivity (Wildman–Crippen MR) is 94.8 cm³/mol. The van der Waals surface area contributed by atoms with Crippen LogP contribution in [0.4, 0.5) is 11.8 Å². The minimum absolute atomic E-state index is 0.575. The molecule has 1 aliphatic carbocycles. The van der Waals surface area contributed by atoms with Gasteiger partial charge in [0.25, 0.3) is 0 Å². The summed E-state index contributed by atoms with van der Waals surface area (Å²) in [5.41, 5.74) is 2.30. The van der Waals surface area contributed by atoms with Crippen molar-refractivity contribution >= 4 is 22.7 Å². The van der Waals surface area contributed by atoms with Crippen molar-refractivity contribution in [1.29, 1.82) is 0 Å². The number of hydrogen-bond acceptors (Lipinski definition) is 4. The number of nitrogens with zero attached hydrogens (tertiary/aromatic N) is 2. The van der Waals surface area contributed by atoms with Crippen molar-refractivity contribution in [3.63, 3.8) is 0 Å². The van der Waals surface area contributed by atoms with E-state index in [1.54, 1.807) is 0 Å². The first kappa shape index (κ1) is 14.0. The third kappa shape index (κ3) is 3.42. The molecule has 1 heterocycles. The SMILES string of the molecule is c1ccc(CCNc2nc(NC3CC3)c3ccccc3n2)cc1. The molecule has 1 aliphatic rings. The highest BCUT2D eigenvalue weighted by Gasteiger charge is 2.22. The lowest BCUT2D eigenvalue weighted by Crippen LogP contribution is -2.11. The minimum atomic E-state index is 0.575. The summed E-state index contributed by atoms with van der Waals surface area (Å²) in [6, 6.07) is 19.2. The number of fused-ring (bicyclic) bond motifs is 1. The number of nitrogens with one attached hydrogen (secondary N) is 2. The van der Waals surface area contributed by atoms with Gasteiger partial charge < -0.3 is 10.6 Å². The van der Waals surface area contributed by atoms with E-state index >= 15 is 0 Å². The highest BCUT2D eigenvalue weighted by atomic mass is 15.2. The standard InChI is InChI=1S/C19H20N4/c1-2-6-14(7-3-1)12-13-20-19-22-17-9-5-4-8-16(17)18(23-19)21-15-10-11-15/h1-9,15H,10-13H2,(H2,20,21,22,23). The number of aromatic nitrogens is 2. The summed E-state index contributed by atoms with van der Waals surface area (Å²) in [7, 11) is 0. The zero-order chi connectivity index (χ0) is 15.5. The van der Waals surface area contributed by atoms with Crippen molar-refractivity contribution in [3.05, 3.63) is 60.2 Å². The first-order valence-corrected chi connectivity index (χ1v) is 8.19. The van der Waals surface area contributed by atoms with Crippen molar-refractivity contribution in [2.75, 3.05) is 17.2 Å². The van der Waals surface area contributed by atoms with E-state index in [0.29, 0.717) is 12.0 Å². The van der Waals surface area contributed by atoms with Gasteiger partial charge in [0.05, 0.1) is 5.52 Å². The van der Waals surface area contributed by atoms with Crippen LogP contribution < -0.4 is 10.6 Å². The summed E-state index contributed by atoms with van der Waals surface area (Å²) >= 11 is 0. The fourth-order valence-corrected chi connectivity index (χ4v) is 2.65. The van der Waals surface area contributed by atoms with Gasteiger partial charge in [-0.05, 0) is 37.0 Å². The van der Waals surface area contributed by atoms with Crippen LogP contribution in [0.1, 0.15) is 18.4 Å². The molecule has 0 amide bonds. The summed E-state index contributed by atoms with van der Waals surface area (Å²) in [4.78, 5) is 9.31. The van der Waals surface area contributed by atoms with E-state index in [1.165, 1.54) is 18.4 Å². The fourth-order valence-electron chi connectivity index (χ4n) is 2.65. The molecule has 0 bridgehead atoms. The van der Waals surface area contributed by atoms with Crippen molar-refractivity contribution in [2.45, 2.75) is 25.3 Å². The molecule has 4 heteroatoms. The quantitative estimate of drug-likeness (QED) is 0.726. The smallest absolute Gasteiger partial charge is 0.225 e. The average molecular weight is 304 g/mol. The van der Waals surface area contributed by atoms with Crippen LogP contribution in [0.2, 0.25) is 0 Å². The van der Waals surface area contributed by atoms with Crippen LogP contribution >= 0.6 is 0 Å². The lowest BCUT2D eigenvalue weighted by Gasteiger charge is -2.11. The molecule has 1 fully saturated rings. The number of benzene rings is 2. The van der Waals surface area contributed by atoms with Crippen LogP contribution in [-0.4, -0.2) is 22.6 Å². The molecule has 0 unspecified atom stereocenters. The number of anilines is 2. The first-order chi connectivity index (χ1) is 11.4. The molecule has 1 saturated carbocycles. The summed E-state index contributed by atoms with van der Waals surface area (Å²) in [6.45, 7) is 0.825. The zero-order valence-electron chi connectivity index (χ0n) is 13.0. The molecule has 0 radical (unpaired) electrons. The Hall–Kier alpha value is -2.62. The van der Waals surface area contributed by atoms with E-state index in [9.17, 15) is 0 Å². The molecule has 0 spiro atoms. The highest BCUT2D eigenvalue weighted by Crippen LogP contribution is 2.28. The second kappa shape index (κ2) is 6.24. The van der Waals surface area contributed by atoms with Crippen LogP contribution in [0.3, 0.4) is 0 Å². The number of para-hydroxylation sites is 1. The molecule has 2 N–H and O–H groups in total. The predicted octanol–water partition coefficient (Wildman–Crippen LogP) is 3.86. The summed E-state index contributed by atoms with van der Waals surface area (Å²) < 4.78 is 0. The molecule has 0 aliphatic heterocycles. The second-order valence-electron chi connectivity index (χ2n) is 5.99. The molecule has 116 valence electrons. The Balaban J connectivity index is 1.52. The number of rotatable bonds is 6. The van der Waals surface area contributed by atoms with Gasteiger partial charge in [0.2, 0.25) is 5.95 Å². The Morgan fingerprint density at radius 3 is 2.52 bits per heavy atom. The normalized spacial score (nSPS) is 13.9. The van der Waals surface area contributed by atoms with Gasteiger partial charge in [-0.3, -0.25) is 0 Å². The maximum atomic E-state index is 4.68. The molecule has 3 aromatic rings. The molecule has 1 aromatic heterocycles. The zero-order valence-corrected chi connectivity index (χ0v) is 13.0. The van der Waals surface area contributed by atoms with Gasteiger partial charge in [-0.15, -0.1) is 0 Å². The molecule has 0 saturated heterocycles. The van der Waals surface area contributed by atoms with Gasteiger partial charge in [0.1, 0.15) is 5.82 Å². The van der Waals surface area contributed by atoms with Crippen molar-refractivity contribution in [1.82, 2.24) is 9.97 Å². The lowest BCUT2D eigenvalue weighted by atomic mass is 10.1. The third-order valence-electron chi connectivity index (χ3n) is 4.06. The lowest BCUT2D eigenvalue weighted by molar-refractivity contribution is 0.987. The van der Waals surface area contributed by atoms with Crippen LogP contribution in [0.5, 0.6) is 0 Å². The van der Waals surface area contributed by atoms with Gasteiger partial charge >= 0.3 is 0 Å². The van der Waals surface area contributed by atoms with Crippen LogP contribution in [-0.2, 0) is 6.42 Å². The Morgan fingerprint density at radius 1 is 0.913 bits per heavy atom. The topological polar surface area (TPSA) is 49.8 Å². The third-order valence-corrected chi connectivity index (χ3v) is 4.06. The number of hydrogen-bond donors (Lipinski definition) is 2. The maximum absolute atomic E-state index is 4.68. The Kier molecular flexibility index (Phi) is 3.80. The van der Waals surface area contributed by atoms with Gasteiger partial charge in [0.15, 0.2) is 0 Å². The van der Waals surface area contributed by atoms with Crippen LogP contribution in [0.25, 0.3) is 10.9 Å². The van der Waals surface area contributed by atoms with Gasteiger partial charge in [-0.1, -0.05) is 42.5 Å². The van der Waals surface area contributed by atoms with E-state index in [2.05, 4.69) is 50.9 Å². The molecule has 4 rings (SSSR count). The summed E-state index contributed by atoms with van der Waals surface area (Å²) in [5, 5.41) is 7.96. The molecule has 2 aromatic carbocycles. The second-order valence-corrected chi connectivity index (χ2v) is 5.99. The Labute approximate surface area is 136 Å². The molecule has 0 atom stereocenters. The fraction of sp³-hybridized carbons (Fsp3) is 0.263. The van der Waals surface area contributed by atoms with E-state index in [4.69, 9.17) is 0 Å². The minimum Gasteiger partial charge on any atom is -0.367 e. The maximum Gasteiger partial charge on any atom is 0.225 e. The van der Waals surface area contributed by atoms with E-state index in [-0.39, 0.29) is 0 Å². The van der Waals surface area contributed by atoms with Crippen LogP contribution in [0.15, 0.2) is 54.6 Å². The van der Waals surface area contributed by atoms with Crippen molar-refractivity contribution in [2.24, 2.45) is 0 Å². The van der Waals surface area contributed by atoms with Crippen molar-refractivity contribution in [3.8, 4) is 0 Å². The summed E-state index contributed by atoms with van der Waals surface area (Å²) in [6.07, 6.45) is 3.42. The monoisotopic (exact) mass is 304 g/mol. The van der Waals surface area contributed by atoms with Crippen molar-refractivity contribution < 1.29 is 0 Å². The van der Waals surface area contributed by atoms with Gasteiger partial charge in [-0.2, -0.15) is 4.98 Å². The van der Waals surface area contributed by atoms with Crippen LogP contribution in [0, 0.1) is 0 Å². The Morgan fingerprint density at radius 2 is 1.70 bits per heavy atom. The molecule has 23 heavy (non-hydrogen) atoms. The highest BCUT2D eigenvalue weighted by molar-refractivity contribution is 5.90. The Bertz CT molecular complexity index is 797. The van der Waals surface area contributed by atoms with E-state index in [1.807, 2.05) is 24.3 Å². The van der Waals surface area contributed by atoms with Gasteiger partial charge in [0, 0.05) is 18.0 Å². The molecular formula is C19H20N4. The van der Waals surface area contributed by atoms with E-state index < -0.39 is 0 Å². The summed E-state index contributed by atoms with van der Waals surface area (Å²) in [5.74, 6) is 1.64. The molecule has 4 nitrogen and oxygen atoms in total. The largest absolute Gasteiger partial charge is 0.367 e. The van der Waals surface area contributed by atoms with Gasteiger partial charge in [-0.25, -0.2) is 4.98 Å². The average Bonchev–Trinajstić information content (AvgIpc) is 3.40. The van der Waals surface area contributed by atoms with E-state index in [0.717, 1.165) is 29.7 Å². The molecular weight excluding hydrogens is 284 g/mol. The first-order valence-electron chi connectivity index (χ1n) is 8.19.